The number of H-pyrrole nitrogens is 1. The number of hydrogen-bond donors (Lipinski definition) is 1. The van der Waals surface area contributed by atoms with Gasteiger partial charge in [-0.1, -0.05) is 0 Å². The Kier molecular flexibility index (Phi) is 5.58. The number of hydrogen-bond acceptors (Lipinski definition) is 5. The van der Waals surface area contributed by atoms with Gasteiger partial charge in [0.25, 0.3) is 5.56 Å². The molecule has 0 spiro atoms. The van der Waals surface area contributed by atoms with Crippen molar-refractivity contribution in [3.8, 4) is 17.1 Å². The molecule has 0 bridgehead atoms. The molecule has 1 aliphatic rings. The van der Waals surface area contributed by atoms with Crippen LogP contribution in [-0.2, 0) is 10.9 Å². The van der Waals surface area contributed by atoms with E-state index in [9.17, 15) is 18.0 Å². The largest absolute Gasteiger partial charge is 0.492 e. The highest BCUT2D eigenvalue weighted by Crippen LogP contribution is 2.28. The van der Waals surface area contributed by atoms with Gasteiger partial charge in [0.15, 0.2) is 5.69 Å². The molecule has 0 atom stereocenters. The van der Waals surface area contributed by atoms with Crippen molar-refractivity contribution in [2.75, 3.05) is 39.5 Å². The molecule has 1 aromatic heterocycles. The Bertz CT molecular complexity index is 784. The average Bonchev–Trinajstić information content (AvgIpc) is 2.62. The smallest absolute Gasteiger partial charge is 0.433 e. The van der Waals surface area contributed by atoms with E-state index in [4.69, 9.17) is 9.47 Å². The summed E-state index contributed by atoms with van der Waals surface area (Å²) in [6.07, 6.45) is -4.68. The molecule has 140 valence electrons. The number of aromatic nitrogens is 2. The van der Waals surface area contributed by atoms with Gasteiger partial charge in [0.1, 0.15) is 18.2 Å². The molecule has 2 aromatic rings. The molecule has 2 heterocycles. The van der Waals surface area contributed by atoms with Crippen LogP contribution in [0.1, 0.15) is 5.69 Å². The summed E-state index contributed by atoms with van der Waals surface area (Å²) in [7, 11) is 0. The molecular weight excluding hydrogens is 351 g/mol. The van der Waals surface area contributed by atoms with E-state index >= 15 is 0 Å². The van der Waals surface area contributed by atoms with E-state index in [1.807, 2.05) is 0 Å². The van der Waals surface area contributed by atoms with Crippen LogP contribution in [0.15, 0.2) is 35.1 Å². The molecule has 0 radical (unpaired) electrons. The average molecular weight is 369 g/mol. The van der Waals surface area contributed by atoms with Gasteiger partial charge < -0.3 is 14.5 Å². The van der Waals surface area contributed by atoms with Crippen LogP contribution in [0.25, 0.3) is 11.4 Å². The van der Waals surface area contributed by atoms with Gasteiger partial charge in [-0.2, -0.15) is 13.2 Å². The summed E-state index contributed by atoms with van der Waals surface area (Å²) in [5.74, 6) is 0.459. The summed E-state index contributed by atoms with van der Waals surface area (Å²) in [4.78, 5) is 19.5. The minimum Gasteiger partial charge on any atom is -0.492 e. The maximum Gasteiger partial charge on any atom is 0.433 e. The summed E-state index contributed by atoms with van der Waals surface area (Å²) in [6.45, 7) is 4.45. The van der Waals surface area contributed by atoms with Crippen LogP contribution < -0.4 is 10.3 Å². The standard InChI is InChI=1S/C17H18F3N3O3/c18-17(19,20)14-11-15(24)22-16(21-14)12-1-3-13(4-2-12)26-10-7-23-5-8-25-9-6-23/h1-4,11H,5-10H2,(H,21,22,24). The predicted molar refractivity (Wildman–Crippen MR) is 88.0 cm³/mol. The van der Waals surface area contributed by atoms with Gasteiger partial charge in [-0.15, -0.1) is 0 Å². The van der Waals surface area contributed by atoms with Crippen LogP contribution in [0.3, 0.4) is 0 Å². The zero-order valence-electron chi connectivity index (χ0n) is 13.9. The summed E-state index contributed by atoms with van der Waals surface area (Å²) in [6, 6.07) is 6.82. The Morgan fingerprint density at radius 3 is 2.54 bits per heavy atom. The molecule has 9 heteroatoms. The maximum atomic E-state index is 12.8. The second-order valence-electron chi connectivity index (χ2n) is 5.80. The van der Waals surface area contributed by atoms with Crippen molar-refractivity contribution < 1.29 is 22.6 Å². The zero-order chi connectivity index (χ0) is 18.6. The SMILES string of the molecule is O=c1cc(C(F)(F)F)nc(-c2ccc(OCCN3CCOCC3)cc2)[nH]1. The molecule has 1 aliphatic heterocycles. The minimum absolute atomic E-state index is 0.135. The van der Waals surface area contributed by atoms with Crippen molar-refractivity contribution >= 4 is 0 Å². The third-order valence-electron chi connectivity index (χ3n) is 3.94. The third kappa shape index (κ3) is 4.83. The minimum atomic E-state index is -4.68. The van der Waals surface area contributed by atoms with E-state index < -0.39 is 17.4 Å². The van der Waals surface area contributed by atoms with Crippen LogP contribution in [0.5, 0.6) is 5.75 Å². The molecule has 1 fully saturated rings. The quantitative estimate of drug-likeness (QED) is 0.875. The molecule has 1 saturated heterocycles. The number of halogens is 3. The van der Waals surface area contributed by atoms with Crippen LogP contribution in [0.2, 0.25) is 0 Å². The Labute approximate surface area is 147 Å². The van der Waals surface area contributed by atoms with Gasteiger partial charge in [0, 0.05) is 31.3 Å². The summed E-state index contributed by atoms with van der Waals surface area (Å²) >= 11 is 0. The molecule has 1 N–H and O–H groups in total. The van der Waals surface area contributed by atoms with Gasteiger partial charge in [0.2, 0.25) is 0 Å². The third-order valence-corrected chi connectivity index (χ3v) is 3.94. The van der Waals surface area contributed by atoms with Gasteiger partial charge in [-0.3, -0.25) is 9.69 Å². The van der Waals surface area contributed by atoms with Gasteiger partial charge >= 0.3 is 6.18 Å². The molecule has 1 aromatic carbocycles. The number of rotatable bonds is 5. The highest BCUT2D eigenvalue weighted by atomic mass is 19.4. The van der Waals surface area contributed by atoms with E-state index in [1.54, 1.807) is 24.3 Å². The first-order chi connectivity index (χ1) is 12.4. The fourth-order valence-corrected chi connectivity index (χ4v) is 2.57. The van der Waals surface area contributed by atoms with E-state index in [2.05, 4.69) is 14.9 Å². The second kappa shape index (κ2) is 7.88. The first kappa shape index (κ1) is 18.4. The predicted octanol–water partition coefficient (Wildman–Crippen LogP) is 2.17. The van der Waals surface area contributed by atoms with Crippen molar-refractivity contribution in [1.29, 1.82) is 0 Å². The normalized spacial score (nSPS) is 15.8. The number of morpholine rings is 1. The second-order valence-corrected chi connectivity index (χ2v) is 5.80. The monoisotopic (exact) mass is 369 g/mol. The Morgan fingerprint density at radius 1 is 1.19 bits per heavy atom. The van der Waals surface area contributed by atoms with Crippen molar-refractivity contribution in [3.63, 3.8) is 0 Å². The first-order valence-corrected chi connectivity index (χ1v) is 8.14. The summed E-state index contributed by atoms with van der Waals surface area (Å²) in [5, 5.41) is 0. The Balaban J connectivity index is 1.64. The molecule has 3 rings (SSSR count). The number of aromatic amines is 1. The molecule has 26 heavy (non-hydrogen) atoms. The van der Waals surface area contributed by atoms with E-state index in [1.165, 1.54) is 0 Å². The number of nitrogens with zero attached hydrogens (tertiary/aromatic N) is 2. The molecule has 0 saturated carbocycles. The molecule has 0 amide bonds. The number of alkyl halides is 3. The van der Waals surface area contributed by atoms with E-state index in [-0.39, 0.29) is 5.82 Å². The lowest BCUT2D eigenvalue weighted by molar-refractivity contribution is -0.141. The summed E-state index contributed by atoms with van der Waals surface area (Å²) < 4.78 is 49.2. The fraction of sp³-hybridized carbons (Fsp3) is 0.412. The maximum absolute atomic E-state index is 12.8. The Morgan fingerprint density at radius 2 is 1.88 bits per heavy atom. The first-order valence-electron chi connectivity index (χ1n) is 8.14. The highest BCUT2D eigenvalue weighted by Gasteiger charge is 2.33. The topological polar surface area (TPSA) is 67.4 Å². The number of ether oxygens (including phenoxy) is 2. The van der Waals surface area contributed by atoms with Gasteiger partial charge in [-0.05, 0) is 24.3 Å². The van der Waals surface area contributed by atoms with Crippen molar-refractivity contribution in [1.82, 2.24) is 14.9 Å². The van der Waals surface area contributed by atoms with Crippen molar-refractivity contribution in [2.24, 2.45) is 0 Å². The van der Waals surface area contributed by atoms with Crippen LogP contribution in [0.4, 0.5) is 13.2 Å². The van der Waals surface area contributed by atoms with Crippen LogP contribution in [0, 0.1) is 0 Å². The van der Waals surface area contributed by atoms with E-state index in [0.717, 1.165) is 32.8 Å². The summed E-state index contributed by atoms with van der Waals surface area (Å²) in [5.41, 5.74) is -1.70. The van der Waals surface area contributed by atoms with Crippen molar-refractivity contribution in [2.45, 2.75) is 6.18 Å². The van der Waals surface area contributed by atoms with Gasteiger partial charge in [-0.25, -0.2) is 4.98 Å². The van der Waals surface area contributed by atoms with Crippen LogP contribution >= 0.6 is 0 Å². The Hall–Kier alpha value is -2.39. The van der Waals surface area contributed by atoms with Crippen molar-refractivity contribution in [3.05, 3.63) is 46.4 Å². The number of nitrogens with one attached hydrogen (secondary N) is 1. The molecule has 0 unspecified atom stereocenters. The van der Waals surface area contributed by atoms with E-state index in [0.29, 0.717) is 24.0 Å². The zero-order valence-corrected chi connectivity index (χ0v) is 13.9. The molecular formula is C17H18F3N3O3. The molecule has 0 aliphatic carbocycles. The lowest BCUT2D eigenvalue weighted by atomic mass is 10.2. The van der Waals surface area contributed by atoms with Gasteiger partial charge in [0.05, 0.1) is 13.2 Å². The lowest BCUT2D eigenvalue weighted by Crippen LogP contribution is -2.38. The van der Waals surface area contributed by atoms with Crippen LogP contribution in [-0.4, -0.2) is 54.3 Å². The number of benzene rings is 1. The molecule has 6 nitrogen and oxygen atoms in total. The highest BCUT2D eigenvalue weighted by molar-refractivity contribution is 5.56. The fourth-order valence-electron chi connectivity index (χ4n) is 2.57. The lowest BCUT2D eigenvalue weighted by Gasteiger charge is -2.26.